The summed E-state index contributed by atoms with van der Waals surface area (Å²) in [4.78, 5) is 14.9. The molecule has 1 amide bonds. The summed E-state index contributed by atoms with van der Waals surface area (Å²) in [6.07, 6.45) is 3.55. The fourth-order valence-electron chi connectivity index (χ4n) is 3.31. The molecule has 9 heteroatoms. The van der Waals surface area contributed by atoms with E-state index in [1.54, 1.807) is 13.0 Å². The third-order valence-corrected chi connectivity index (χ3v) is 5.84. The zero-order valence-corrected chi connectivity index (χ0v) is 17.4. The van der Waals surface area contributed by atoms with Gasteiger partial charge in [0.1, 0.15) is 5.76 Å². The van der Waals surface area contributed by atoms with Gasteiger partial charge >= 0.3 is 0 Å². The second kappa shape index (κ2) is 8.69. The van der Waals surface area contributed by atoms with Crippen LogP contribution in [0.25, 0.3) is 5.69 Å². The van der Waals surface area contributed by atoms with E-state index in [0.717, 1.165) is 37.6 Å². The Bertz CT molecular complexity index is 965. The predicted molar refractivity (Wildman–Crippen MR) is 113 cm³/mol. The maximum Gasteiger partial charge on any atom is 0.238 e. The summed E-state index contributed by atoms with van der Waals surface area (Å²) >= 11 is 1.38. The largest absolute Gasteiger partial charge is 0.360 e. The SMILES string of the molecule is Cc1cc(NC(=O)C(C)Sc2nnc(N3CCCCC3)n2-c2ccccc2)no1. The number of nitrogens with zero attached hydrogens (tertiary/aromatic N) is 5. The van der Waals surface area contributed by atoms with Crippen LogP contribution < -0.4 is 10.2 Å². The van der Waals surface area contributed by atoms with Gasteiger partial charge in [0.15, 0.2) is 11.0 Å². The number of nitrogens with one attached hydrogen (secondary N) is 1. The van der Waals surface area contributed by atoms with Gasteiger partial charge in [-0.05, 0) is 45.2 Å². The normalized spacial score (nSPS) is 15.3. The van der Waals surface area contributed by atoms with Crippen LogP contribution in [0.15, 0.2) is 46.1 Å². The molecule has 0 bridgehead atoms. The van der Waals surface area contributed by atoms with Crippen LogP contribution in [-0.4, -0.2) is 44.2 Å². The first-order valence-corrected chi connectivity index (χ1v) is 10.7. The Labute approximate surface area is 173 Å². The van der Waals surface area contributed by atoms with Crippen molar-refractivity contribution in [2.24, 2.45) is 0 Å². The number of thioether (sulfide) groups is 1. The van der Waals surface area contributed by atoms with Gasteiger partial charge in [0, 0.05) is 19.2 Å². The van der Waals surface area contributed by atoms with Gasteiger partial charge in [-0.15, -0.1) is 10.2 Å². The number of hydrogen-bond donors (Lipinski definition) is 1. The van der Waals surface area contributed by atoms with Crippen LogP contribution in [0.5, 0.6) is 0 Å². The molecule has 2 aromatic heterocycles. The average molecular weight is 413 g/mol. The molecule has 1 aliphatic heterocycles. The molecule has 1 atom stereocenters. The number of hydrogen-bond acceptors (Lipinski definition) is 7. The molecular weight excluding hydrogens is 388 g/mol. The molecular formula is C20H24N6O2S. The summed E-state index contributed by atoms with van der Waals surface area (Å²) < 4.78 is 7.05. The number of piperidine rings is 1. The molecule has 1 fully saturated rings. The van der Waals surface area contributed by atoms with Gasteiger partial charge in [-0.3, -0.25) is 9.36 Å². The van der Waals surface area contributed by atoms with Crippen LogP contribution in [0.1, 0.15) is 31.9 Å². The van der Waals surface area contributed by atoms with Gasteiger partial charge in [-0.25, -0.2) is 0 Å². The minimum atomic E-state index is -0.382. The Morgan fingerprint density at radius 2 is 1.93 bits per heavy atom. The van der Waals surface area contributed by atoms with Crippen molar-refractivity contribution < 1.29 is 9.32 Å². The lowest BCUT2D eigenvalue weighted by molar-refractivity contribution is -0.115. The van der Waals surface area contributed by atoms with E-state index in [2.05, 4.69) is 25.6 Å². The predicted octanol–water partition coefficient (Wildman–Crippen LogP) is 3.67. The number of aromatic nitrogens is 4. The molecule has 1 saturated heterocycles. The molecule has 8 nitrogen and oxygen atoms in total. The van der Waals surface area contributed by atoms with Gasteiger partial charge in [0.2, 0.25) is 11.9 Å². The molecule has 0 radical (unpaired) electrons. The third kappa shape index (κ3) is 4.45. The number of para-hydroxylation sites is 1. The first kappa shape index (κ1) is 19.5. The van der Waals surface area contributed by atoms with E-state index in [1.807, 2.05) is 41.8 Å². The van der Waals surface area contributed by atoms with E-state index >= 15 is 0 Å². The molecule has 152 valence electrons. The molecule has 3 aromatic rings. The summed E-state index contributed by atoms with van der Waals surface area (Å²) in [6.45, 7) is 5.57. The second-order valence-corrected chi connectivity index (χ2v) is 8.38. The monoisotopic (exact) mass is 412 g/mol. The lowest BCUT2D eigenvalue weighted by atomic mass is 10.1. The average Bonchev–Trinajstić information content (AvgIpc) is 3.35. The molecule has 1 N–H and O–H groups in total. The Kier molecular flexibility index (Phi) is 5.84. The molecule has 0 spiro atoms. The van der Waals surface area contributed by atoms with Crippen LogP contribution >= 0.6 is 11.8 Å². The van der Waals surface area contributed by atoms with Gasteiger partial charge in [0.25, 0.3) is 0 Å². The Balaban J connectivity index is 1.57. The highest BCUT2D eigenvalue weighted by Crippen LogP contribution is 2.30. The van der Waals surface area contributed by atoms with Gasteiger partial charge in [-0.2, -0.15) is 0 Å². The van der Waals surface area contributed by atoms with E-state index in [4.69, 9.17) is 4.52 Å². The number of aryl methyl sites for hydroxylation is 1. The van der Waals surface area contributed by atoms with Crippen molar-refractivity contribution in [1.29, 1.82) is 0 Å². The van der Waals surface area contributed by atoms with Gasteiger partial charge in [0.05, 0.1) is 10.9 Å². The number of anilines is 2. The molecule has 29 heavy (non-hydrogen) atoms. The minimum Gasteiger partial charge on any atom is -0.360 e. The van der Waals surface area contributed by atoms with E-state index in [0.29, 0.717) is 16.7 Å². The van der Waals surface area contributed by atoms with Crippen molar-refractivity contribution in [3.8, 4) is 5.69 Å². The molecule has 1 unspecified atom stereocenters. The Hall–Kier alpha value is -2.81. The number of carbonyl (C=O) groups is 1. The van der Waals surface area contributed by atoms with Crippen molar-refractivity contribution in [3.05, 3.63) is 42.2 Å². The highest BCUT2D eigenvalue weighted by atomic mass is 32.2. The fraction of sp³-hybridized carbons (Fsp3) is 0.400. The van der Waals surface area contributed by atoms with Gasteiger partial charge < -0.3 is 14.7 Å². The summed E-state index contributed by atoms with van der Waals surface area (Å²) in [5.74, 6) is 1.73. The van der Waals surface area contributed by atoms with Crippen LogP contribution in [0.2, 0.25) is 0 Å². The van der Waals surface area contributed by atoms with Crippen molar-refractivity contribution in [3.63, 3.8) is 0 Å². The molecule has 1 aromatic carbocycles. The number of amides is 1. The van der Waals surface area contributed by atoms with Crippen LogP contribution in [0.4, 0.5) is 11.8 Å². The van der Waals surface area contributed by atoms with Crippen molar-refractivity contribution >= 4 is 29.4 Å². The van der Waals surface area contributed by atoms with E-state index in [1.165, 1.54) is 18.2 Å². The number of benzene rings is 1. The summed E-state index contributed by atoms with van der Waals surface area (Å²) in [6, 6.07) is 11.7. The molecule has 0 saturated carbocycles. The first-order chi connectivity index (χ1) is 14.1. The maximum absolute atomic E-state index is 12.6. The minimum absolute atomic E-state index is 0.162. The van der Waals surface area contributed by atoms with E-state index in [-0.39, 0.29) is 11.2 Å². The summed E-state index contributed by atoms with van der Waals surface area (Å²) in [7, 11) is 0. The van der Waals surface area contributed by atoms with Crippen LogP contribution in [0.3, 0.4) is 0 Å². The van der Waals surface area contributed by atoms with Crippen molar-refractivity contribution in [2.45, 2.75) is 43.5 Å². The van der Waals surface area contributed by atoms with Crippen molar-refractivity contribution in [1.82, 2.24) is 19.9 Å². The molecule has 0 aliphatic carbocycles. The summed E-state index contributed by atoms with van der Waals surface area (Å²) in [5.41, 5.74) is 0.986. The Morgan fingerprint density at radius 3 is 2.62 bits per heavy atom. The maximum atomic E-state index is 12.6. The zero-order valence-electron chi connectivity index (χ0n) is 16.5. The number of rotatable bonds is 6. The van der Waals surface area contributed by atoms with Crippen LogP contribution in [0, 0.1) is 6.92 Å². The fourth-order valence-corrected chi connectivity index (χ4v) is 4.17. The smallest absolute Gasteiger partial charge is 0.238 e. The van der Waals surface area contributed by atoms with E-state index in [9.17, 15) is 4.79 Å². The van der Waals surface area contributed by atoms with Crippen LogP contribution in [-0.2, 0) is 4.79 Å². The van der Waals surface area contributed by atoms with Gasteiger partial charge in [-0.1, -0.05) is 35.1 Å². The van der Waals surface area contributed by atoms with Crippen molar-refractivity contribution in [2.75, 3.05) is 23.3 Å². The second-order valence-electron chi connectivity index (χ2n) is 7.07. The third-order valence-electron chi connectivity index (χ3n) is 4.80. The first-order valence-electron chi connectivity index (χ1n) is 9.78. The van der Waals surface area contributed by atoms with E-state index < -0.39 is 0 Å². The lowest BCUT2D eigenvalue weighted by Gasteiger charge is -2.28. The Morgan fingerprint density at radius 1 is 1.17 bits per heavy atom. The zero-order chi connectivity index (χ0) is 20.2. The molecule has 4 rings (SSSR count). The molecule has 1 aliphatic rings. The standard InChI is InChI=1S/C20H24N6O2S/c1-14-13-17(24-28-14)21-18(27)15(2)29-20-23-22-19(25-11-7-4-8-12-25)26(20)16-9-5-3-6-10-16/h3,5-6,9-10,13,15H,4,7-8,11-12H2,1-2H3,(H,21,24,27). The lowest BCUT2D eigenvalue weighted by Crippen LogP contribution is -2.31. The number of carbonyl (C=O) groups excluding carboxylic acids is 1. The summed E-state index contributed by atoms with van der Waals surface area (Å²) in [5, 5.41) is 15.8. The topological polar surface area (TPSA) is 89.1 Å². The quantitative estimate of drug-likeness (QED) is 0.618. The molecule has 3 heterocycles. The highest BCUT2D eigenvalue weighted by molar-refractivity contribution is 8.00. The highest BCUT2D eigenvalue weighted by Gasteiger charge is 2.25.